The van der Waals surface area contributed by atoms with Gasteiger partial charge in [-0.25, -0.2) is 0 Å². The second-order valence-electron chi connectivity index (χ2n) is 8.12. The molecule has 148 valence electrons. The first kappa shape index (κ1) is 22.5. The fraction of sp³-hybridized carbons (Fsp3) is 0.955. The van der Waals surface area contributed by atoms with E-state index in [1.54, 1.807) is 6.92 Å². The van der Waals surface area contributed by atoms with Gasteiger partial charge in [0.05, 0.1) is 0 Å². The molecule has 0 N–H and O–H groups in total. The van der Waals surface area contributed by atoms with E-state index in [0.717, 1.165) is 25.7 Å². The molecule has 0 aromatic carbocycles. The van der Waals surface area contributed by atoms with Crippen LogP contribution in [0.1, 0.15) is 105 Å². The summed E-state index contributed by atoms with van der Waals surface area (Å²) in [5.41, 5.74) is 0. The van der Waals surface area contributed by atoms with Crippen LogP contribution in [0.3, 0.4) is 0 Å². The van der Waals surface area contributed by atoms with Gasteiger partial charge in [0.2, 0.25) is 5.91 Å². The molecular formula is C22H44N2O. The third-order valence-corrected chi connectivity index (χ3v) is 5.86. The van der Waals surface area contributed by atoms with Crippen LogP contribution in [0.5, 0.6) is 0 Å². The fourth-order valence-electron chi connectivity index (χ4n) is 4.26. The molecule has 1 heterocycles. The smallest absolute Gasteiger partial charge is 0.219 e. The molecule has 0 saturated carbocycles. The number of hydrogen-bond acceptors (Lipinski definition) is 2. The average Bonchev–Trinajstić information content (AvgIpc) is 2.59. The minimum atomic E-state index is 0.239. The van der Waals surface area contributed by atoms with Crippen LogP contribution in [0.25, 0.3) is 0 Å². The van der Waals surface area contributed by atoms with E-state index >= 15 is 0 Å². The molecule has 0 aromatic heterocycles. The maximum Gasteiger partial charge on any atom is 0.219 e. The summed E-state index contributed by atoms with van der Waals surface area (Å²) >= 11 is 0. The van der Waals surface area contributed by atoms with Crippen molar-refractivity contribution in [1.82, 2.24) is 9.80 Å². The Labute approximate surface area is 157 Å². The molecule has 25 heavy (non-hydrogen) atoms. The normalized spacial score (nSPS) is 18.9. The third kappa shape index (κ3) is 9.08. The van der Waals surface area contributed by atoms with Crippen LogP contribution >= 0.6 is 0 Å². The van der Waals surface area contributed by atoms with Gasteiger partial charge in [-0.15, -0.1) is 0 Å². The van der Waals surface area contributed by atoms with Gasteiger partial charge in [0.1, 0.15) is 0 Å². The molecule has 1 aliphatic heterocycles. The number of hydrogen-bond donors (Lipinski definition) is 0. The molecule has 1 unspecified atom stereocenters. The number of nitrogens with zero attached hydrogens (tertiary/aromatic N) is 2. The molecule has 0 aromatic rings. The van der Waals surface area contributed by atoms with Gasteiger partial charge >= 0.3 is 0 Å². The summed E-state index contributed by atoms with van der Waals surface area (Å²) in [4.78, 5) is 16.5. The molecule has 0 radical (unpaired) electrons. The van der Waals surface area contributed by atoms with Crippen LogP contribution < -0.4 is 0 Å². The summed E-state index contributed by atoms with van der Waals surface area (Å²) in [6.07, 6.45) is 16.5. The summed E-state index contributed by atoms with van der Waals surface area (Å²) in [5, 5.41) is 0. The number of carbonyl (C=O) groups excluding carboxylic acids is 1. The van der Waals surface area contributed by atoms with Crippen molar-refractivity contribution in [2.45, 2.75) is 117 Å². The van der Waals surface area contributed by atoms with Crippen molar-refractivity contribution in [3.63, 3.8) is 0 Å². The van der Waals surface area contributed by atoms with Gasteiger partial charge in [-0.3, -0.25) is 9.69 Å². The summed E-state index contributed by atoms with van der Waals surface area (Å²) in [5.74, 6) is 0.239. The van der Waals surface area contributed by atoms with Crippen molar-refractivity contribution in [3.8, 4) is 0 Å². The zero-order valence-electron chi connectivity index (χ0n) is 17.6. The van der Waals surface area contributed by atoms with E-state index in [-0.39, 0.29) is 5.91 Å². The van der Waals surface area contributed by atoms with Crippen molar-refractivity contribution < 1.29 is 4.79 Å². The maximum atomic E-state index is 11.7. The van der Waals surface area contributed by atoms with Crippen molar-refractivity contribution in [2.75, 3.05) is 19.6 Å². The van der Waals surface area contributed by atoms with Crippen molar-refractivity contribution in [2.24, 2.45) is 0 Å². The molecule has 1 amide bonds. The van der Waals surface area contributed by atoms with Crippen molar-refractivity contribution in [1.29, 1.82) is 0 Å². The molecule has 0 spiro atoms. The summed E-state index contributed by atoms with van der Waals surface area (Å²) in [6, 6.07) is 1.11. The Kier molecular flexibility index (Phi) is 12.2. The highest BCUT2D eigenvalue weighted by molar-refractivity contribution is 5.73. The monoisotopic (exact) mass is 352 g/mol. The third-order valence-electron chi connectivity index (χ3n) is 5.86. The maximum absolute atomic E-state index is 11.7. The Morgan fingerprint density at radius 3 is 1.84 bits per heavy atom. The van der Waals surface area contributed by atoms with Gasteiger partial charge in [-0.2, -0.15) is 0 Å². The minimum Gasteiger partial charge on any atom is -0.338 e. The molecule has 1 atom stereocenters. The number of piperazine rings is 1. The lowest BCUT2D eigenvalue weighted by molar-refractivity contribution is -0.133. The molecule has 0 aliphatic carbocycles. The van der Waals surface area contributed by atoms with E-state index in [9.17, 15) is 4.79 Å². The van der Waals surface area contributed by atoms with Crippen LogP contribution in [0, 0.1) is 0 Å². The van der Waals surface area contributed by atoms with Gasteiger partial charge in [-0.05, 0) is 19.8 Å². The second kappa shape index (κ2) is 13.6. The summed E-state index contributed by atoms with van der Waals surface area (Å²) < 4.78 is 0. The topological polar surface area (TPSA) is 23.6 Å². The molecule has 0 bridgehead atoms. The van der Waals surface area contributed by atoms with E-state index in [0.29, 0.717) is 6.04 Å². The summed E-state index contributed by atoms with van der Waals surface area (Å²) in [7, 11) is 0. The van der Waals surface area contributed by atoms with Gasteiger partial charge in [0, 0.05) is 38.6 Å². The second-order valence-corrected chi connectivity index (χ2v) is 8.12. The average molecular weight is 353 g/mol. The van der Waals surface area contributed by atoms with Gasteiger partial charge in [-0.1, -0.05) is 78.1 Å². The van der Waals surface area contributed by atoms with Crippen LogP contribution in [0.15, 0.2) is 0 Å². The molecule has 3 nitrogen and oxygen atoms in total. The Hall–Kier alpha value is -0.570. The van der Waals surface area contributed by atoms with E-state index in [2.05, 4.69) is 30.6 Å². The van der Waals surface area contributed by atoms with Crippen LogP contribution in [0.2, 0.25) is 0 Å². The van der Waals surface area contributed by atoms with Crippen molar-refractivity contribution >= 4 is 5.91 Å². The molecule has 1 fully saturated rings. The first-order valence-electron chi connectivity index (χ1n) is 11.1. The van der Waals surface area contributed by atoms with Gasteiger partial charge in [0.15, 0.2) is 0 Å². The van der Waals surface area contributed by atoms with E-state index in [4.69, 9.17) is 0 Å². The summed E-state index contributed by atoms with van der Waals surface area (Å²) in [6.45, 7) is 11.5. The molecule has 3 heteroatoms. The van der Waals surface area contributed by atoms with Gasteiger partial charge in [0.25, 0.3) is 0 Å². The number of carbonyl (C=O) groups is 1. The van der Waals surface area contributed by atoms with Crippen LogP contribution in [-0.4, -0.2) is 47.4 Å². The first-order chi connectivity index (χ1) is 12.1. The van der Waals surface area contributed by atoms with E-state index < -0.39 is 0 Å². The van der Waals surface area contributed by atoms with E-state index in [1.165, 1.54) is 77.0 Å². The first-order valence-corrected chi connectivity index (χ1v) is 11.1. The Balaban J connectivity index is 2.44. The van der Waals surface area contributed by atoms with Crippen molar-refractivity contribution in [3.05, 3.63) is 0 Å². The Morgan fingerprint density at radius 2 is 1.40 bits per heavy atom. The number of amides is 1. The zero-order chi connectivity index (χ0) is 18.5. The van der Waals surface area contributed by atoms with Crippen LogP contribution in [0.4, 0.5) is 0 Å². The highest BCUT2D eigenvalue weighted by Gasteiger charge is 2.29. The SMILES string of the molecule is CCCCCCCC(CCCCCCC)N1CCN(C(C)=O)C(C)C1. The molecular weight excluding hydrogens is 308 g/mol. The minimum absolute atomic E-state index is 0.239. The lowest BCUT2D eigenvalue weighted by Crippen LogP contribution is -2.56. The fourth-order valence-corrected chi connectivity index (χ4v) is 4.26. The van der Waals surface area contributed by atoms with Crippen LogP contribution in [-0.2, 0) is 4.79 Å². The van der Waals surface area contributed by atoms with E-state index in [1.807, 2.05) is 0 Å². The highest BCUT2D eigenvalue weighted by atomic mass is 16.2. The lowest BCUT2D eigenvalue weighted by Gasteiger charge is -2.43. The van der Waals surface area contributed by atoms with Gasteiger partial charge < -0.3 is 4.90 Å². The largest absolute Gasteiger partial charge is 0.338 e. The number of unbranched alkanes of at least 4 members (excludes halogenated alkanes) is 8. The lowest BCUT2D eigenvalue weighted by atomic mass is 9.97. The standard InChI is InChI=1S/C22H44N2O/c1-5-7-9-11-13-15-22(16-14-12-10-8-6-2)23-17-18-24(21(4)25)20(3)19-23/h20,22H,5-19H2,1-4H3. The predicted octanol–water partition coefficient (Wildman–Crippen LogP) is 5.63. The molecule has 1 rings (SSSR count). The Morgan fingerprint density at radius 1 is 0.880 bits per heavy atom. The zero-order valence-corrected chi connectivity index (χ0v) is 17.6. The quantitative estimate of drug-likeness (QED) is 0.401. The number of rotatable bonds is 13. The predicted molar refractivity (Wildman–Crippen MR) is 109 cm³/mol. The molecule has 1 aliphatic rings. The molecule has 1 saturated heterocycles. The Bertz CT molecular complexity index is 331. The highest BCUT2D eigenvalue weighted by Crippen LogP contribution is 2.21.